The molecule has 0 saturated heterocycles. The Morgan fingerprint density at radius 3 is 3.05 bits per heavy atom. The normalized spacial score (nSPS) is 22.8. The van der Waals surface area contributed by atoms with E-state index in [0.29, 0.717) is 17.2 Å². The number of hydrogen-bond acceptors (Lipinski definition) is 3. The van der Waals surface area contributed by atoms with Crippen molar-refractivity contribution in [3.8, 4) is 5.75 Å². The molecule has 1 aliphatic carbocycles. The Bertz CT molecular complexity index is 439. The molecule has 0 radical (unpaired) electrons. The summed E-state index contributed by atoms with van der Waals surface area (Å²) in [6.07, 6.45) is 7.83. The summed E-state index contributed by atoms with van der Waals surface area (Å²) in [5.41, 5.74) is 0.552. The lowest BCUT2D eigenvalue weighted by Crippen LogP contribution is -2.42. The van der Waals surface area contributed by atoms with Crippen molar-refractivity contribution in [1.82, 2.24) is 10.3 Å². The maximum Gasteiger partial charge on any atom is 0.255 e. The SMILES string of the molecule is COc1cnccc1C(=O)NC1CCCCC1CBr. The second-order valence-electron chi connectivity index (χ2n) is 4.85. The number of carbonyl (C=O) groups is 1. The fourth-order valence-corrected chi connectivity index (χ4v) is 3.33. The van der Waals surface area contributed by atoms with Gasteiger partial charge in [-0.05, 0) is 24.8 Å². The molecule has 2 unspecified atom stereocenters. The van der Waals surface area contributed by atoms with Gasteiger partial charge in [0.05, 0.1) is 18.9 Å². The summed E-state index contributed by atoms with van der Waals surface area (Å²) in [5, 5.41) is 4.07. The maximum atomic E-state index is 12.3. The number of alkyl halides is 1. The molecule has 1 aromatic heterocycles. The minimum Gasteiger partial charge on any atom is -0.494 e. The van der Waals surface area contributed by atoms with Crippen molar-refractivity contribution in [3.63, 3.8) is 0 Å². The van der Waals surface area contributed by atoms with E-state index in [1.165, 1.54) is 19.3 Å². The molecule has 2 atom stereocenters. The molecule has 1 amide bonds. The molecular weight excluding hydrogens is 308 g/mol. The monoisotopic (exact) mass is 326 g/mol. The molecule has 2 rings (SSSR count). The van der Waals surface area contributed by atoms with Gasteiger partial charge in [-0.2, -0.15) is 0 Å². The number of pyridine rings is 1. The number of ether oxygens (including phenoxy) is 1. The molecule has 1 fully saturated rings. The average Bonchev–Trinajstić information content (AvgIpc) is 2.47. The second-order valence-corrected chi connectivity index (χ2v) is 5.50. The zero-order valence-electron chi connectivity index (χ0n) is 11.1. The Morgan fingerprint density at radius 1 is 1.53 bits per heavy atom. The van der Waals surface area contributed by atoms with Gasteiger partial charge in [0.1, 0.15) is 5.75 Å². The number of carbonyl (C=O) groups excluding carboxylic acids is 1. The molecule has 5 heteroatoms. The first-order chi connectivity index (χ1) is 9.26. The highest BCUT2D eigenvalue weighted by Crippen LogP contribution is 2.26. The summed E-state index contributed by atoms with van der Waals surface area (Å²) in [6, 6.07) is 1.94. The lowest BCUT2D eigenvalue weighted by atomic mass is 9.86. The zero-order chi connectivity index (χ0) is 13.7. The van der Waals surface area contributed by atoms with Crippen molar-refractivity contribution in [1.29, 1.82) is 0 Å². The number of amides is 1. The van der Waals surface area contributed by atoms with Crippen molar-refractivity contribution in [2.45, 2.75) is 31.7 Å². The van der Waals surface area contributed by atoms with E-state index < -0.39 is 0 Å². The Kier molecular flexibility index (Phi) is 5.19. The van der Waals surface area contributed by atoms with Crippen LogP contribution in [0.4, 0.5) is 0 Å². The molecule has 104 valence electrons. The van der Waals surface area contributed by atoms with Crippen LogP contribution in [-0.4, -0.2) is 29.4 Å². The molecular formula is C14H19BrN2O2. The van der Waals surface area contributed by atoms with Gasteiger partial charge in [0.25, 0.3) is 5.91 Å². The third kappa shape index (κ3) is 3.47. The molecule has 1 N–H and O–H groups in total. The zero-order valence-corrected chi connectivity index (χ0v) is 12.6. The van der Waals surface area contributed by atoms with Crippen LogP contribution in [0.15, 0.2) is 18.5 Å². The number of rotatable bonds is 4. The van der Waals surface area contributed by atoms with Crippen LogP contribution in [0, 0.1) is 5.92 Å². The van der Waals surface area contributed by atoms with E-state index in [1.54, 1.807) is 25.6 Å². The molecule has 1 saturated carbocycles. The fourth-order valence-electron chi connectivity index (χ4n) is 2.56. The van der Waals surface area contributed by atoms with Crippen LogP contribution in [0.25, 0.3) is 0 Å². The van der Waals surface area contributed by atoms with Crippen molar-refractivity contribution in [3.05, 3.63) is 24.0 Å². The first kappa shape index (κ1) is 14.3. The van der Waals surface area contributed by atoms with Gasteiger partial charge >= 0.3 is 0 Å². The number of nitrogens with one attached hydrogen (secondary N) is 1. The highest BCUT2D eigenvalue weighted by Gasteiger charge is 2.26. The highest BCUT2D eigenvalue weighted by molar-refractivity contribution is 9.09. The van der Waals surface area contributed by atoms with Gasteiger partial charge in [0, 0.05) is 17.6 Å². The Labute approximate surface area is 122 Å². The number of halogens is 1. The van der Waals surface area contributed by atoms with Crippen LogP contribution in [-0.2, 0) is 0 Å². The van der Waals surface area contributed by atoms with E-state index >= 15 is 0 Å². The lowest BCUT2D eigenvalue weighted by Gasteiger charge is -2.31. The number of nitrogens with zero attached hydrogens (tertiary/aromatic N) is 1. The van der Waals surface area contributed by atoms with Crippen molar-refractivity contribution >= 4 is 21.8 Å². The van der Waals surface area contributed by atoms with E-state index in [4.69, 9.17) is 4.74 Å². The van der Waals surface area contributed by atoms with Crippen molar-refractivity contribution in [2.75, 3.05) is 12.4 Å². The molecule has 1 aliphatic rings. The van der Waals surface area contributed by atoms with E-state index in [9.17, 15) is 4.79 Å². The molecule has 4 nitrogen and oxygen atoms in total. The minimum absolute atomic E-state index is 0.0721. The standard InChI is InChI=1S/C14H19BrN2O2/c1-19-13-9-16-7-6-11(13)14(18)17-12-5-3-2-4-10(12)8-15/h6-7,9-10,12H,2-5,8H2,1H3,(H,17,18). The van der Waals surface area contributed by atoms with Crippen molar-refractivity contribution < 1.29 is 9.53 Å². The van der Waals surface area contributed by atoms with Crippen LogP contribution in [0.1, 0.15) is 36.0 Å². The average molecular weight is 327 g/mol. The topological polar surface area (TPSA) is 51.2 Å². The molecule has 0 aromatic carbocycles. The quantitative estimate of drug-likeness (QED) is 0.865. The first-order valence-electron chi connectivity index (χ1n) is 6.61. The van der Waals surface area contributed by atoms with E-state index in [-0.39, 0.29) is 11.9 Å². The van der Waals surface area contributed by atoms with Crippen LogP contribution in [0.3, 0.4) is 0 Å². The lowest BCUT2D eigenvalue weighted by molar-refractivity contribution is 0.0908. The molecule has 0 aliphatic heterocycles. The van der Waals surface area contributed by atoms with Crippen LogP contribution in [0.5, 0.6) is 5.75 Å². The summed E-state index contributed by atoms with van der Waals surface area (Å²) in [7, 11) is 1.55. The van der Waals surface area contributed by atoms with Crippen LogP contribution < -0.4 is 10.1 Å². The predicted molar refractivity (Wildman–Crippen MR) is 77.8 cm³/mol. The number of aromatic nitrogens is 1. The van der Waals surface area contributed by atoms with Gasteiger partial charge in [0.15, 0.2) is 0 Å². The first-order valence-corrected chi connectivity index (χ1v) is 7.73. The second kappa shape index (κ2) is 6.89. The Morgan fingerprint density at radius 2 is 2.32 bits per heavy atom. The largest absolute Gasteiger partial charge is 0.494 e. The van der Waals surface area contributed by atoms with E-state index in [0.717, 1.165) is 11.8 Å². The van der Waals surface area contributed by atoms with E-state index in [2.05, 4.69) is 26.2 Å². The van der Waals surface area contributed by atoms with Gasteiger partial charge in [-0.25, -0.2) is 0 Å². The number of hydrogen-bond donors (Lipinski definition) is 1. The summed E-state index contributed by atoms with van der Waals surface area (Å²) in [4.78, 5) is 16.3. The van der Waals surface area contributed by atoms with E-state index in [1.807, 2.05) is 0 Å². The van der Waals surface area contributed by atoms with Gasteiger partial charge in [0.2, 0.25) is 0 Å². The molecule has 0 spiro atoms. The third-order valence-electron chi connectivity index (χ3n) is 3.67. The summed E-state index contributed by atoms with van der Waals surface area (Å²) in [5.74, 6) is 0.967. The highest BCUT2D eigenvalue weighted by atomic mass is 79.9. The third-order valence-corrected chi connectivity index (χ3v) is 4.50. The van der Waals surface area contributed by atoms with Crippen LogP contribution in [0.2, 0.25) is 0 Å². The maximum absolute atomic E-state index is 12.3. The molecule has 0 bridgehead atoms. The van der Waals surface area contributed by atoms with Gasteiger partial charge in [-0.1, -0.05) is 28.8 Å². The summed E-state index contributed by atoms with van der Waals surface area (Å²) < 4.78 is 5.18. The van der Waals surface area contributed by atoms with Crippen molar-refractivity contribution in [2.24, 2.45) is 5.92 Å². The smallest absolute Gasteiger partial charge is 0.255 e. The molecule has 19 heavy (non-hydrogen) atoms. The summed E-state index contributed by atoms with van der Waals surface area (Å²) in [6.45, 7) is 0. The van der Waals surface area contributed by atoms with Gasteiger partial charge in [-0.15, -0.1) is 0 Å². The molecule has 1 aromatic rings. The Balaban J connectivity index is 2.07. The van der Waals surface area contributed by atoms with Crippen LogP contribution >= 0.6 is 15.9 Å². The molecule has 1 heterocycles. The Hall–Kier alpha value is -1.10. The fraction of sp³-hybridized carbons (Fsp3) is 0.571. The number of methoxy groups -OCH3 is 1. The summed E-state index contributed by atoms with van der Waals surface area (Å²) >= 11 is 3.54. The predicted octanol–water partition coefficient (Wildman–Crippen LogP) is 2.77. The van der Waals surface area contributed by atoms with Gasteiger partial charge < -0.3 is 10.1 Å². The minimum atomic E-state index is -0.0721. The van der Waals surface area contributed by atoms with Gasteiger partial charge in [-0.3, -0.25) is 9.78 Å².